The first-order valence-corrected chi connectivity index (χ1v) is 9.57. The molecule has 0 aliphatic carbocycles. The predicted octanol–water partition coefficient (Wildman–Crippen LogP) is 4.09. The topological polar surface area (TPSA) is 78.0 Å². The first kappa shape index (κ1) is 18.6. The fourth-order valence-electron chi connectivity index (χ4n) is 3.05. The number of aromatic nitrogens is 2. The molecule has 1 aromatic carbocycles. The number of hydrogen-bond donors (Lipinski definition) is 1. The Morgan fingerprint density at radius 1 is 1.31 bits per heavy atom. The molecule has 0 aliphatic rings. The number of thiophene rings is 1. The molecule has 0 saturated carbocycles. The maximum absolute atomic E-state index is 13.3. The lowest BCUT2D eigenvalue weighted by Crippen LogP contribution is -2.28. The van der Waals surface area contributed by atoms with Crippen molar-refractivity contribution >= 4 is 39.1 Å². The van der Waals surface area contributed by atoms with Crippen molar-refractivity contribution in [2.45, 2.75) is 39.7 Å². The van der Waals surface area contributed by atoms with Crippen molar-refractivity contribution in [3.63, 3.8) is 0 Å². The molecule has 26 heavy (non-hydrogen) atoms. The third kappa shape index (κ3) is 3.39. The number of primary amides is 1. The molecule has 2 heterocycles. The fourth-order valence-corrected chi connectivity index (χ4v) is 4.22. The van der Waals surface area contributed by atoms with Crippen LogP contribution in [0.5, 0.6) is 0 Å². The summed E-state index contributed by atoms with van der Waals surface area (Å²) in [5.74, 6) is 0.292. The summed E-state index contributed by atoms with van der Waals surface area (Å²) in [6, 6.07) is 7.42. The Labute approximate surface area is 160 Å². The van der Waals surface area contributed by atoms with Gasteiger partial charge in [-0.05, 0) is 24.6 Å². The van der Waals surface area contributed by atoms with Crippen LogP contribution >= 0.6 is 22.9 Å². The van der Waals surface area contributed by atoms with Gasteiger partial charge in [0.05, 0.1) is 5.39 Å². The summed E-state index contributed by atoms with van der Waals surface area (Å²) in [6.45, 7) is 6.18. The number of carbonyl (C=O) groups is 1. The van der Waals surface area contributed by atoms with E-state index in [9.17, 15) is 9.59 Å². The number of aryl methyl sites for hydroxylation is 1. The van der Waals surface area contributed by atoms with Crippen molar-refractivity contribution in [2.75, 3.05) is 0 Å². The quantitative estimate of drug-likeness (QED) is 0.713. The molecule has 136 valence electrons. The minimum atomic E-state index is -0.439. The van der Waals surface area contributed by atoms with Gasteiger partial charge in [0.1, 0.15) is 10.7 Å². The standard InChI is InChI=1S/C19H20ClN3O2S/c1-10(2)17-22-18-16(19(25)23(17)9-8-14(21)24)15(11(3)26-18)12-4-6-13(20)7-5-12/h4-7,10H,8-9H2,1-3H3,(H2,21,24). The van der Waals surface area contributed by atoms with Crippen LogP contribution < -0.4 is 11.3 Å². The Bertz CT molecular complexity index is 1040. The molecule has 0 aliphatic heterocycles. The van der Waals surface area contributed by atoms with E-state index in [0.717, 1.165) is 20.8 Å². The highest BCUT2D eigenvalue weighted by molar-refractivity contribution is 7.19. The van der Waals surface area contributed by atoms with Crippen LogP contribution in [0.25, 0.3) is 21.3 Å². The molecule has 0 spiro atoms. The van der Waals surface area contributed by atoms with E-state index in [1.807, 2.05) is 32.9 Å². The van der Waals surface area contributed by atoms with Gasteiger partial charge in [0, 0.05) is 34.3 Å². The number of benzene rings is 1. The number of nitrogens with zero attached hydrogens (tertiary/aromatic N) is 2. The van der Waals surface area contributed by atoms with E-state index in [-0.39, 0.29) is 24.4 Å². The van der Waals surface area contributed by atoms with Gasteiger partial charge >= 0.3 is 0 Å². The highest BCUT2D eigenvalue weighted by atomic mass is 35.5. The van der Waals surface area contributed by atoms with Gasteiger partial charge in [-0.3, -0.25) is 14.2 Å². The van der Waals surface area contributed by atoms with E-state index in [0.29, 0.717) is 16.2 Å². The molecule has 0 bridgehead atoms. The van der Waals surface area contributed by atoms with Crippen LogP contribution in [-0.2, 0) is 11.3 Å². The summed E-state index contributed by atoms with van der Waals surface area (Å²) in [5.41, 5.74) is 6.96. The van der Waals surface area contributed by atoms with Crippen molar-refractivity contribution in [3.8, 4) is 11.1 Å². The smallest absolute Gasteiger partial charge is 0.262 e. The lowest BCUT2D eigenvalue weighted by molar-refractivity contribution is -0.118. The van der Waals surface area contributed by atoms with Crippen molar-refractivity contribution in [1.29, 1.82) is 0 Å². The Morgan fingerprint density at radius 2 is 1.96 bits per heavy atom. The van der Waals surface area contributed by atoms with Crippen LogP contribution in [0.2, 0.25) is 5.02 Å². The SMILES string of the molecule is Cc1sc2nc(C(C)C)n(CCC(N)=O)c(=O)c2c1-c1ccc(Cl)cc1. The Balaban J connectivity index is 2.30. The average molecular weight is 390 g/mol. The first-order valence-electron chi connectivity index (χ1n) is 8.37. The predicted molar refractivity (Wildman–Crippen MR) is 107 cm³/mol. The average Bonchev–Trinajstić information content (AvgIpc) is 2.90. The molecular weight excluding hydrogens is 370 g/mol. The molecule has 0 atom stereocenters. The number of rotatable bonds is 5. The lowest BCUT2D eigenvalue weighted by atomic mass is 10.0. The van der Waals surface area contributed by atoms with E-state index in [2.05, 4.69) is 0 Å². The number of carbonyl (C=O) groups excluding carboxylic acids is 1. The maximum Gasteiger partial charge on any atom is 0.262 e. The maximum atomic E-state index is 13.3. The van der Waals surface area contributed by atoms with E-state index in [1.165, 1.54) is 11.3 Å². The summed E-state index contributed by atoms with van der Waals surface area (Å²) in [6.07, 6.45) is 0.103. The number of hydrogen-bond acceptors (Lipinski definition) is 4. The number of nitrogens with two attached hydrogens (primary N) is 1. The molecule has 3 aromatic rings. The molecule has 3 rings (SSSR count). The third-order valence-corrected chi connectivity index (χ3v) is 5.50. The molecule has 7 heteroatoms. The van der Waals surface area contributed by atoms with Crippen LogP contribution in [0, 0.1) is 6.92 Å². The second-order valence-electron chi connectivity index (χ2n) is 6.52. The Hall–Kier alpha value is -2.18. The summed E-state index contributed by atoms with van der Waals surface area (Å²) in [4.78, 5) is 31.0. The molecule has 2 aromatic heterocycles. The minimum absolute atomic E-state index is 0.0568. The molecule has 0 fully saturated rings. The van der Waals surface area contributed by atoms with Crippen LogP contribution in [0.3, 0.4) is 0 Å². The summed E-state index contributed by atoms with van der Waals surface area (Å²) >= 11 is 7.50. The van der Waals surface area contributed by atoms with Gasteiger partial charge in [0.2, 0.25) is 5.91 Å². The second kappa shape index (κ2) is 7.21. The van der Waals surface area contributed by atoms with Crippen LogP contribution in [0.15, 0.2) is 29.1 Å². The molecule has 2 N–H and O–H groups in total. The Kier molecular flexibility index (Phi) is 5.16. The van der Waals surface area contributed by atoms with E-state index >= 15 is 0 Å². The zero-order chi connectivity index (χ0) is 19.0. The summed E-state index contributed by atoms with van der Waals surface area (Å²) in [7, 11) is 0. The van der Waals surface area contributed by atoms with Gasteiger partial charge in [-0.2, -0.15) is 0 Å². The van der Waals surface area contributed by atoms with Crippen LogP contribution in [0.1, 0.15) is 36.9 Å². The highest BCUT2D eigenvalue weighted by Gasteiger charge is 2.21. The molecule has 0 unspecified atom stereocenters. The molecule has 0 saturated heterocycles. The van der Waals surface area contributed by atoms with Crippen molar-refractivity contribution in [1.82, 2.24) is 9.55 Å². The van der Waals surface area contributed by atoms with Crippen LogP contribution in [0.4, 0.5) is 0 Å². The number of fused-ring (bicyclic) bond motifs is 1. The van der Waals surface area contributed by atoms with Crippen LogP contribution in [-0.4, -0.2) is 15.5 Å². The zero-order valence-electron chi connectivity index (χ0n) is 14.9. The monoisotopic (exact) mass is 389 g/mol. The largest absolute Gasteiger partial charge is 0.370 e. The minimum Gasteiger partial charge on any atom is -0.370 e. The summed E-state index contributed by atoms with van der Waals surface area (Å²) in [5, 5.41) is 1.23. The van der Waals surface area contributed by atoms with Gasteiger partial charge in [-0.25, -0.2) is 4.98 Å². The summed E-state index contributed by atoms with van der Waals surface area (Å²) < 4.78 is 1.59. The van der Waals surface area contributed by atoms with Crippen molar-refractivity contribution in [3.05, 3.63) is 50.3 Å². The third-order valence-electron chi connectivity index (χ3n) is 4.25. The van der Waals surface area contributed by atoms with Crippen molar-refractivity contribution < 1.29 is 4.79 Å². The first-order chi connectivity index (χ1) is 12.3. The van der Waals surface area contributed by atoms with Gasteiger partial charge in [-0.15, -0.1) is 11.3 Å². The van der Waals surface area contributed by atoms with E-state index < -0.39 is 5.91 Å². The van der Waals surface area contributed by atoms with Crippen molar-refractivity contribution in [2.24, 2.45) is 5.73 Å². The second-order valence-corrected chi connectivity index (χ2v) is 8.16. The molecule has 5 nitrogen and oxygen atoms in total. The van der Waals surface area contributed by atoms with Gasteiger partial charge in [0.25, 0.3) is 5.56 Å². The van der Waals surface area contributed by atoms with Gasteiger partial charge in [-0.1, -0.05) is 37.6 Å². The molecule has 0 radical (unpaired) electrons. The highest BCUT2D eigenvalue weighted by Crippen LogP contribution is 2.36. The van der Waals surface area contributed by atoms with Gasteiger partial charge < -0.3 is 5.73 Å². The molecular formula is C19H20ClN3O2S. The Morgan fingerprint density at radius 3 is 2.54 bits per heavy atom. The zero-order valence-corrected chi connectivity index (χ0v) is 16.4. The normalized spacial score (nSPS) is 11.4. The fraction of sp³-hybridized carbons (Fsp3) is 0.316. The van der Waals surface area contributed by atoms with E-state index in [4.69, 9.17) is 22.3 Å². The number of amides is 1. The van der Waals surface area contributed by atoms with E-state index in [1.54, 1.807) is 16.7 Å². The molecule has 1 amide bonds. The number of halogens is 1. The van der Waals surface area contributed by atoms with Gasteiger partial charge in [0.15, 0.2) is 0 Å². The lowest BCUT2D eigenvalue weighted by Gasteiger charge is -2.14.